The molecule has 1 fully saturated rings. The average Bonchev–Trinajstić information content (AvgIpc) is 3.39. The van der Waals surface area contributed by atoms with Crippen LogP contribution in [0.5, 0.6) is 0 Å². The minimum atomic E-state index is 0.431. The Labute approximate surface area is 146 Å². The number of hydrogen-bond donors (Lipinski definition) is 0. The normalized spacial score (nSPS) is 18.0. The van der Waals surface area contributed by atoms with Crippen LogP contribution in [-0.4, -0.2) is 42.4 Å². The van der Waals surface area contributed by atoms with Gasteiger partial charge in [0.15, 0.2) is 0 Å². The zero-order chi connectivity index (χ0) is 17.1. The Morgan fingerprint density at radius 2 is 2.12 bits per heavy atom. The van der Waals surface area contributed by atoms with Gasteiger partial charge in [-0.1, -0.05) is 36.3 Å². The first kappa shape index (κ1) is 16.0. The van der Waals surface area contributed by atoms with Crippen molar-refractivity contribution in [2.24, 2.45) is 0 Å². The zero-order valence-electron chi connectivity index (χ0n) is 14.4. The Balaban J connectivity index is 1.43. The van der Waals surface area contributed by atoms with Crippen molar-refractivity contribution in [3.63, 3.8) is 0 Å². The van der Waals surface area contributed by atoms with E-state index in [1.54, 1.807) is 12.7 Å². The monoisotopic (exact) mass is 338 g/mol. The van der Waals surface area contributed by atoms with Gasteiger partial charge in [-0.25, -0.2) is 4.98 Å². The van der Waals surface area contributed by atoms with Gasteiger partial charge in [0.25, 0.3) is 0 Å². The first-order valence-electron chi connectivity index (χ1n) is 8.80. The van der Waals surface area contributed by atoms with Crippen molar-refractivity contribution in [3.05, 3.63) is 48.4 Å². The molecule has 1 aliphatic heterocycles. The molecule has 0 bridgehead atoms. The number of aryl methyl sites for hydroxylation is 1. The molecular weight excluding hydrogens is 316 g/mol. The van der Waals surface area contributed by atoms with Gasteiger partial charge in [0.2, 0.25) is 11.7 Å². The van der Waals surface area contributed by atoms with E-state index < -0.39 is 0 Å². The molecule has 0 aliphatic carbocycles. The van der Waals surface area contributed by atoms with Gasteiger partial charge in [-0.05, 0) is 31.4 Å². The van der Waals surface area contributed by atoms with E-state index >= 15 is 0 Å². The third-order valence-corrected chi connectivity index (χ3v) is 4.79. The maximum Gasteiger partial charge on any atom is 0.241 e. The molecule has 1 unspecified atom stereocenters. The Bertz CT molecular complexity index is 795. The van der Waals surface area contributed by atoms with Gasteiger partial charge < -0.3 is 4.52 Å². The lowest BCUT2D eigenvalue weighted by Gasteiger charge is -2.22. The molecule has 0 amide bonds. The van der Waals surface area contributed by atoms with E-state index in [-0.39, 0.29) is 0 Å². The molecule has 3 heterocycles. The van der Waals surface area contributed by atoms with Gasteiger partial charge in [0, 0.05) is 11.6 Å². The number of hydrogen-bond acceptors (Lipinski definition) is 6. The van der Waals surface area contributed by atoms with Crippen LogP contribution in [0.1, 0.15) is 31.2 Å². The van der Waals surface area contributed by atoms with E-state index in [9.17, 15) is 0 Å². The highest BCUT2D eigenvalue weighted by atomic mass is 16.5. The largest absolute Gasteiger partial charge is 0.338 e. The van der Waals surface area contributed by atoms with E-state index in [0.717, 1.165) is 31.5 Å². The van der Waals surface area contributed by atoms with Crippen molar-refractivity contribution in [1.82, 2.24) is 29.8 Å². The fourth-order valence-electron chi connectivity index (χ4n) is 3.35. The minimum Gasteiger partial charge on any atom is -0.338 e. The highest BCUT2D eigenvalue weighted by Crippen LogP contribution is 2.22. The fourth-order valence-corrected chi connectivity index (χ4v) is 3.35. The fraction of sp³-hybridized carbons (Fsp3) is 0.444. The second-order valence-corrected chi connectivity index (χ2v) is 6.45. The zero-order valence-corrected chi connectivity index (χ0v) is 14.4. The van der Waals surface area contributed by atoms with Crippen LogP contribution in [-0.2, 0) is 19.5 Å². The van der Waals surface area contributed by atoms with Crippen LogP contribution >= 0.6 is 0 Å². The highest BCUT2D eigenvalue weighted by Gasteiger charge is 2.26. The summed E-state index contributed by atoms with van der Waals surface area (Å²) in [4.78, 5) is 11.0. The molecule has 7 heteroatoms. The van der Waals surface area contributed by atoms with E-state index in [0.29, 0.717) is 24.3 Å². The SMILES string of the molecule is CCc1ccc(-c2noc(CN3CCCC3Cn3cncn3)n2)cc1. The molecular formula is C18H22N6O. The maximum atomic E-state index is 5.48. The second-order valence-electron chi connectivity index (χ2n) is 6.45. The van der Waals surface area contributed by atoms with Crippen LogP contribution in [0.4, 0.5) is 0 Å². The van der Waals surface area contributed by atoms with Crippen LogP contribution < -0.4 is 0 Å². The summed E-state index contributed by atoms with van der Waals surface area (Å²) in [5, 5.41) is 8.35. The molecule has 0 N–H and O–H groups in total. The molecule has 2 aromatic heterocycles. The standard InChI is InChI=1S/C18H22N6O/c1-2-14-5-7-15(8-6-14)18-21-17(25-22-18)11-23-9-3-4-16(23)10-24-13-19-12-20-24/h5-8,12-13,16H,2-4,9-11H2,1H3. The van der Waals surface area contributed by atoms with Crippen molar-refractivity contribution in [2.75, 3.05) is 6.54 Å². The Morgan fingerprint density at radius 1 is 1.24 bits per heavy atom. The third-order valence-electron chi connectivity index (χ3n) is 4.79. The molecule has 0 spiro atoms. The summed E-state index contributed by atoms with van der Waals surface area (Å²) in [5.41, 5.74) is 2.30. The van der Waals surface area contributed by atoms with Gasteiger partial charge in [-0.15, -0.1) is 0 Å². The summed E-state index contributed by atoms with van der Waals surface area (Å²) in [5.74, 6) is 1.32. The maximum absolute atomic E-state index is 5.48. The van der Waals surface area contributed by atoms with Crippen molar-refractivity contribution in [3.8, 4) is 11.4 Å². The van der Waals surface area contributed by atoms with Crippen molar-refractivity contribution >= 4 is 0 Å². The molecule has 7 nitrogen and oxygen atoms in total. The Kier molecular flexibility index (Phi) is 4.56. The first-order chi connectivity index (χ1) is 12.3. The lowest BCUT2D eigenvalue weighted by molar-refractivity contribution is 0.192. The number of aromatic nitrogens is 5. The molecule has 25 heavy (non-hydrogen) atoms. The van der Waals surface area contributed by atoms with E-state index in [1.807, 2.05) is 4.68 Å². The molecule has 130 valence electrons. The van der Waals surface area contributed by atoms with Gasteiger partial charge in [-0.2, -0.15) is 10.1 Å². The van der Waals surface area contributed by atoms with Crippen LogP contribution in [0.2, 0.25) is 0 Å². The first-order valence-corrected chi connectivity index (χ1v) is 8.80. The Hall–Kier alpha value is -2.54. The summed E-state index contributed by atoms with van der Waals surface area (Å²) in [6, 6.07) is 8.76. The van der Waals surface area contributed by atoms with Crippen LogP contribution in [0.15, 0.2) is 41.4 Å². The quantitative estimate of drug-likeness (QED) is 0.688. The minimum absolute atomic E-state index is 0.431. The van der Waals surface area contributed by atoms with Gasteiger partial charge in [0.1, 0.15) is 12.7 Å². The molecule has 0 saturated carbocycles. The summed E-state index contributed by atoms with van der Waals surface area (Å²) >= 11 is 0. The smallest absolute Gasteiger partial charge is 0.241 e. The lowest BCUT2D eigenvalue weighted by Crippen LogP contribution is -2.32. The Morgan fingerprint density at radius 3 is 2.88 bits per heavy atom. The van der Waals surface area contributed by atoms with Gasteiger partial charge in [0.05, 0.1) is 13.1 Å². The number of likely N-dealkylation sites (tertiary alicyclic amines) is 1. The molecule has 1 atom stereocenters. The molecule has 3 aromatic rings. The van der Waals surface area contributed by atoms with Crippen molar-refractivity contribution in [1.29, 1.82) is 0 Å². The topological polar surface area (TPSA) is 72.9 Å². The predicted molar refractivity (Wildman–Crippen MR) is 92.6 cm³/mol. The lowest BCUT2D eigenvalue weighted by atomic mass is 10.1. The van der Waals surface area contributed by atoms with Crippen molar-refractivity contribution < 1.29 is 4.52 Å². The second kappa shape index (κ2) is 7.14. The summed E-state index contributed by atoms with van der Waals surface area (Å²) < 4.78 is 7.37. The van der Waals surface area contributed by atoms with Crippen LogP contribution in [0, 0.1) is 0 Å². The predicted octanol–water partition coefficient (Wildman–Crippen LogP) is 2.56. The van der Waals surface area contributed by atoms with E-state index in [4.69, 9.17) is 4.52 Å². The molecule has 1 saturated heterocycles. The average molecular weight is 338 g/mol. The summed E-state index contributed by atoms with van der Waals surface area (Å²) in [6.45, 7) is 4.72. The number of rotatable bonds is 6. The van der Waals surface area contributed by atoms with Crippen molar-refractivity contribution in [2.45, 2.75) is 45.3 Å². The van der Waals surface area contributed by atoms with Crippen LogP contribution in [0.3, 0.4) is 0 Å². The van der Waals surface area contributed by atoms with Gasteiger partial charge in [-0.3, -0.25) is 9.58 Å². The summed E-state index contributed by atoms with van der Waals surface area (Å²) in [6.07, 6.45) is 6.70. The number of benzene rings is 1. The van der Waals surface area contributed by atoms with Gasteiger partial charge >= 0.3 is 0 Å². The highest BCUT2D eigenvalue weighted by molar-refractivity contribution is 5.54. The molecule has 1 aromatic carbocycles. The van der Waals surface area contributed by atoms with E-state index in [2.05, 4.69) is 56.3 Å². The molecule has 1 aliphatic rings. The summed E-state index contributed by atoms with van der Waals surface area (Å²) in [7, 11) is 0. The molecule has 4 rings (SSSR count). The van der Waals surface area contributed by atoms with Crippen LogP contribution in [0.25, 0.3) is 11.4 Å². The van der Waals surface area contributed by atoms with E-state index in [1.165, 1.54) is 12.0 Å². The molecule has 0 radical (unpaired) electrons. The third kappa shape index (κ3) is 3.61. The number of nitrogens with zero attached hydrogens (tertiary/aromatic N) is 6.